The third-order valence-electron chi connectivity index (χ3n) is 7.06. The maximum Gasteiger partial charge on any atom is 0.252 e. The molecule has 4 aromatic rings. The Balaban J connectivity index is 1.50. The normalized spacial score (nSPS) is 15.6. The van der Waals surface area contributed by atoms with E-state index in [0.29, 0.717) is 19.1 Å². The fraction of sp³-hybridized carbons (Fsp3) is 0.462. The number of fused-ring (bicyclic) bond motifs is 1. The molecule has 3 aromatic heterocycles. The van der Waals surface area contributed by atoms with Crippen LogP contribution in [0, 0.1) is 0 Å². The van der Waals surface area contributed by atoms with Gasteiger partial charge in [-0.05, 0) is 65.4 Å². The number of ether oxygens (including phenoxy) is 1. The Hall–Kier alpha value is -3.46. The minimum absolute atomic E-state index is 0.0194. The van der Waals surface area contributed by atoms with E-state index in [4.69, 9.17) is 9.15 Å². The molecular formula is C26H32N6O3. The number of rotatable bonds is 9. The van der Waals surface area contributed by atoms with Crippen molar-refractivity contribution in [2.75, 3.05) is 7.11 Å². The number of H-pyrrole nitrogens is 1. The van der Waals surface area contributed by atoms with Gasteiger partial charge in [0.25, 0.3) is 5.56 Å². The van der Waals surface area contributed by atoms with Crippen LogP contribution in [0.25, 0.3) is 10.9 Å². The van der Waals surface area contributed by atoms with E-state index in [1.807, 2.05) is 41.1 Å². The number of nitrogens with zero attached hydrogens (tertiary/aromatic N) is 5. The number of methoxy groups -OCH3 is 1. The number of benzene rings is 1. The fourth-order valence-corrected chi connectivity index (χ4v) is 5.25. The highest BCUT2D eigenvalue weighted by atomic mass is 16.5. The van der Waals surface area contributed by atoms with E-state index in [1.165, 1.54) is 19.3 Å². The second-order valence-electron chi connectivity index (χ2n) is 9.24. The lowest BCUT2D eigenvalue weighted by atomic mass is 9.92. The summed E-state index contributed by atoms with van der Waals surface area (Å²) < 4.78 is 12.7. The zero-order chi connectivity index (χ0) is 24.2. The van der Waals surface area contributed by atoms with E-state index < -0.39 is 0 Å². The molecule has 0 bridgehead atoms. The van der Waals surface area contributed by atoms with Gasteiger partial charge in [0.1, 0.15) is 18.1 Å². The van der Waals surface area contributed by atoms with Gasteiger partial charge in [-0.25, -0.2) is 4.68 Å². The van der Waals surface area contributed by atoms with Crippen LogP contribution in [-0.2, 0) is 13.1 Å². The molecule has 0 spiro atoms. The monoisotopic (exact) mass is 476 g/mol. The molecule has 5 rings (SSSR count). The van der Waals surface area contributed by atoms with Crippen molar-refractivity contribution in [3.05, 3.63) is 70.2 Å². The molecule has 1 aromatic carbocycles. The van der Waals surface area contributed by atoms with Gasteiger partial charge in [-0.3, -0.25) is 9.69 Å². The van der Waals surface area contributed by atoms with Crippen molar-refractivity contribution >= 4 is 10.9 Å². The van der Waals surface area contributed by atoms with Crippen LogP contribution in [-0.4, -0.2) is 43.2 Å². The van der Waals surface area contributed by atoms with Gasteiger partial charge < -0.3 is 14.1 Å². The first-order valence-corrected chi connectivity index (χ1v) is 12.4. The Labute approximate surface area is 204 Å². The Morgan fingerprint density at radius 1 is 1.23 bits per heavy atom. The summed E-state index contributed by atoms with van der Waals surface area (Å²) in [6.45, 7) is 3.17. The first-order valence-electron chi connectivity index (χ1n) is 12.4. The Bertz CT molecular complexity index is 1310. The van der Waals surface area contributed by atoms with Crippen LogP contribution in [0.3, 0.4) is 0 Å². The first kappa shape index (κ1) is 23.3. The summed E-state index contributed by atoms with van der Waals surface area (Å²) in [4.78, 5) is 18.6. The van der Waals surface area contributed by atoms with Crippen molar-refractivity contribution in [1.82, 2.24) is 30.1 Å². The molecule has 1 aliphatic carbocycles. The number of furan rings is 1. The van der Waals surface area contributed by atoms with Gasteiger partial charge in [0.15, 0.2) is 5.82 Å². The van der Waals surface area contributed by atoms with E-state index in [1.54, 1.807) is 13.4 Å². The van der Waals surface area contributed by atoms with E-state index in [-0.39, 0.29) is 11.6 Å². The van der Waals surface area contributed by atoms with Gasteiger partial charge in [-0.15, -0.1) is 5.10 Å². The van der Waals surface area contributed by atoms with E-state index >= 15 is 0 Å². The average molecular weight is 477 g/mol. The predicted octanol–water partition coefficient (Wildman–Crippen LogP) is 4.45. The third-order valence-corrected chi connectivity index (χ3v) is 7.06. The van der Waals surface area contributed by atoms with Gasteiger partial charge >= 0.3 is 0 Å². The van der Waals surface area contributed by atoms with E-state index in [2.05, 4.69) is 32.3 Å². The zero-order valence-electron chi connectivity index (χ0n) is 20.3. The maximum atomic E-state index is 13.1. The molecule has 35 heavy (non-hydrogen) atoms. The highest BCUT2D eigenvalue weighted by Crippen LogP contribution is 2.33. The van der Waals surface area contributed by atoms with E-state index in [9.17, 15) is 4.79 Å². The minimum atomic E-state index is -0.0726. The van der Waals surface area contributed by atoms with Crippen molar-refractivity contribution in [3.63, 3.8) is 0 Å². The quantitative estimate of drug-likeness (QED) is 0.381. The summed E-state index contributed by atoms with van der Waals surface area (Å²) in [5.74, 6) is 2.33. The summed E-state index contributed by atoms with van der Waals surface area (Å²) >= 11 is 0. The van der Waals surface area contributed by atoms with Crippen molar-refractivity contribution in [2.45, 2.75) is 70.6 Å². The molecule has 184 valence electrons. The molecule has 1 fully saturated rings. The smallest absolute Gasteiger partial charge is 0.252 e. The predicted molar refractivity (Wildman–Crippen MR) is 132 cm³/mol. The van der Waals surface area contributed by atoms with E-state index in [0.717, 1.165) is 53.1 Å². The number of tetrazole rings is 1. The van der Waals surface area contributed by atoms with Crippen LogP contribution < -0.4 is 10.3 Å². The van der Waals surface area contributed by atoms with Crippen molar-refractivity contribution in [2.24, 2.45) is 0 Å². The second-order valence-corrected chi connectivity index (χ2v) is 9.24. The summed E-state index contributed by atoms with van der Waals surface area (Å²) in [6, 6.07) is 11.9. The molecular weight excluding hydrogens is 444 g/mol. The summed E-state index contributed by atoms with van der Waals surface area (Å²) in [7, 11) is 1.63. The van der Waals surface area contributed by atoms with Gasteiger partial charge in [0, 0.05) is 24.2 Å². The first-order chi connectivity index (χ1) is 17.2. The summed E-state index contributed by atoms with van der Waals surface area (Å²) in [5.41, 5.74) is 1.45. The summed E-state index contributed by atoms with van der Waals surface area (Å²) in [5, 5.41) is 13.7. The molecule has 1 aliphatic rings. The zero-order valence-corrected chi connectivity index (χ0v) is 20.3. The molecule has 9 nitrogen and oxygen atoms in total. The highest BCUT2D eigenvalue weighted by Gasteiger charge is 2.32. The third kappa shape index (κ3) is 5.00. The lowest BCUT2D eigenvalue weighted by Gasteiger charge is -2.39. The van der Waals surface area contributed by atoms with Crippen molar-refractivity contribution < 1.29 is 9.15 Å². The second kappa shape index (κ2) is 10.4. The van der Waals surface area contributed by atoms with Gasteiger partial charge in [0.2, 0.25) is 0 Å². The largest absolute Gasteiger partial charge is 0.497 e. The van der Waals surface area contributed by atoms with Crippen LogP contribution in [0.2, 0.25) is 0 Å². The van der Waals surface area contributed by atoms with Crippen molar-refractivity contribution in [3.8, 4) is 5.75 Å². The fourth-order valence-electron chi connectivity index (χ4n) is 5.25. The van der Waals surface area contributed by atoms with Gasteiger partial charge in [0.05, 0.1) is 24.9 Å². The standard InChI is InChI=1S/C26H32N6O3/c1-3-24(25-28-29-30-32(25)17-22-10-7-13-35-22)31(20-8-5-4-6-9-20)16-19-14-18-11-12-21(34-2)15-23(18)27-26(19)33/h7,10-15,20,24H,3-6,8-9,16-17H2,1-2H3,(H,27,33)/t24-/m0/s1. The molecule has 0 amide bonds. The molecule has 3 heterocycles. The molecule has 0 saturated heterocycles. The molecule has 9 heteroatoms. The average Bonchev–Trinajstić information content (AvgIpc) is 3.57. The molecule has 1 N–H and O–H groups in total. The SMILES string of the molecule is CC[C@@H](c1nnnn1Cc1ccco1)N(Cc1cc2ccc(OC)cc2[nH]c1=O)C1CCCCC1. The maximum absolute atomic E-state index is 13.1. The number of hydrogen-bond donors (Lipinski definition) is 1. The van der Waals surface area contributed by atoms with Crippen LogP contribution in [0.5, 0.6) is 5.75 Å². The number of pyridine rings is 1. The lowest BCUT2D eigenvalue weighted by Crippen LogP contribution is -2.41. The highest BCUT2D eigenvalue weighted by molar-refractivity contribution is 5.80. The molecule has 0 aliphatic heterocycles. The number of aromatic amines is 1. The van der Waals surface area contributed by atoms with Crippen LogP contribution in [0.15, 0.2) is 51.9 Å². The number of aromatic nitrogens is 5. The number of hydrogen-bond acceptors (Lipinski definition) is 7. The molecule has 1 atom stereocenters. The molecule has 0 radical (unpaired) electrons. The van der Waals surface area contributed by atoms with Crippen LogP contribution in [0.4, 0.5) is 0 Å². The molecule has 0 unspecified atom stereocenters. The Morgan fingerprint density at radius 2 is 2.09 bits per heavy atom. The Kier molecular flexibility index (Phi) is 6.94. The lowest BCUT2D eigenvalue weighted by molar-refractivity contribution is 0.0842. The number of nitrogens with one attached hydrogen (secondary N) is 1. The van der Waals surface area contributed by atoms with Crippen LogP contribution in [0.1, 0.15) is 68.6 Å². The summed E-state index contributed by atoms with van der Waals surface area (Å²) in [6.07, 6.45) is 8.36. The molecule has 1 saturated carbocycles. The minimum Gasteiger partial charge on any atom is -0.497 e. The Morgan fingerprint density at radius 3 is 2.83 bits per heavy atom. The van der Waals surface area contributed by atoms with Crippen LogP contribution >= 0.6 is 0 Å². The van der Waals surface area contributed by atoms with Gasteiger partial charge in [-0.1, -0.05) is 26.2 Å². The van der Waals surface area contributed by atoms with Crippen molar-refractivity contribution in [1.29, 1.82) is 0 Å². The van der Waals surface area contributed by atoms with Gasteiger partial charge in [-0.2, -0.15) is 0 Å². The topological polar surface area (TPSA) is 102 Å².